The van der Waals surface area contributed by atoms with E-state index in [1.807, 2.05) is 11.8 Å². The van der Waals surface area contributed by atoms with Gasteiger partial charge in [0, 0.05) is 43.0 Å². The number of ketones is 1. The maximum Gasteiger partial charge on any atom is 0.143 e. The van der Waals surface area contributed by atoms with Crippen LogP contribution in [-0.2, 0) is 11.3 Å². The lowest BCUT2D eigenvalue weighted by atomic mass is 9.89. The van der Waals surface area contributed by atoms with E-state index in [0.717, 1.165) is 31.1 Å². The molecule has 1 N–H and O–H groups in total. The lowest BCUT2D eigenvalue weighted by Crippen LogP contribution is -2.58. The highest BCUT2D eigenvalue weighted by atomic mass is 35.7. The average molecular weight is 348 g/mol. The van der Waals surface area contributed by atoms with Crippen LogP contribution in [0.3, 0.4) is 0 Å². The van der Waals surface area contributed by atoms with Gasteiger partial charge in [-0.1, -0.05) is 30.3 Å². The molecule has 2 aliphatic rings. The van der Waals surface area contributed by atoms with Gasteiger partial charge in [-0.2, -0.15) is 25.7 Å². The molecule has 0 radical (unpaired) electrons. The van der Waals surface area contributed by atoms with Crippen molar-refractivity contribution in [3.8, 4) is 0 Å². The van der Waals surface area contributed by atoms with Crippen molar-refractivity contribution in [3.05, 3.63) is 35.9 Å². The number of nitrogens with zero attached hydrogens (tertiary/aromatic N) is 1. The van der Waals surface area contributed by atoms with Gasteiger partial charge < -0.3 is 0 Å². The molecule has 122 valence electrons. The molecule has 2 heterocycles. The number of hydrogen-bond donors (Lipinski definition) is 1. The first-order chi connectivity index (χ1) is 10.3. The fraction of sp³-hybridized carbons (Fsp3) is 0.500. The Morgan fingerprint density at radius 3 is 2.14 bits per heavy atom. The number of halogens is 1. The fourth-order valence-electron chi connectivity index (χ4n) is 2.80. The monoisotopic (exact) mass is 347 g/mol. The Morgan fingerprint density at radius 1 is 1.14 bits per heavy atom. The van der Waals surface area contributed by atoms with Crippen LogP contribution in [0.25, 0.3) is 0 Å². The van der Waals surface area contributed by atoms with Crippen molar-refractivity contribution in [2.24, 2.45) is 11.8 Å². The van der Waals surface area contributed by atoms with Gasteiger partial charge in [0.2, 0.25) is 0 Å². The molecule has 2 bridgehead atoms. The summed E-state index contributed by atoms with van der Waals surface area (Å²) in [7, 11) is -4.69. The molecule has 1 aromatic rings. The molecule has 3 rings (SSSR count). The molecular weight excluding hydrogens is 330 g/mol. The lowest BCUT2D eigenvalue weighted by molar-refractivity contribution is -1.92. The normalized spacial score (nSPS) is 25.4. The number of fused-ring (bicyclic) bond motifs is 2. The van der Waals surface area contributed by atoms with Gasteiger partial charge in [0.1, 0.15) is 5.78 Å². The molecule has 0 spiro atoms. The minimum atomic E-state index is -4.69. The van der Waals surface area contributed by atoms with Crippen LogP contribution in [0.5, 0.6) is 0 Å². The van der Waals surface area contributed by atoms with Crippen molar-refractivity contribution in [1.82, 2.24) is 4.90 Å². The maximum absolute atomic E-state index is 12.0. The smallest absolute Gasteiger partial charge is 0.143 e. The molecular formula is C14H18ClNO5S. The summed E-state index contributed by atoms with van der Waals surface area (Å²) in [5.41, 5.74) is 1.35. The van der Waals surface area contributed by atoms with Crippen LogP contribution in [0.15, 0.2) is 30.3 Å². The first kappa shape index (κ1) is 17.7. The van der Waals surface area contributed by atoms with Crippen molar-refractivity contribution >= 4 is 17.5 Å². The molecule has 2 atom stereocenters. The Hall–Kier alpha value is -0.670. The van der Waals surface area contributed by atoms with Gasteiger partial charge in [-0.15, -0.1) is 0 Å². The van der Waals surface area contributed by atoms with Crippen LogP contribution in [-0.4, -0.2) is 39.9 Å². The van der Waals surface area contributed by atoms with E-state index in [1.54, 1.807) is 0 Å². The highest BCUT2D eigenvalue weighted by molar-refractivity contribution is 7.99. The summed E-state index contributed by atoms with van der Waals surface area (Å²) in [6, 6.07) is 10.6. The van der Waals surface area contributed by atoms with Crippen LogP contribution >= 0.6 is 11.8 Å². The number of rotatable bonds is 2. The average Bonchev–Trinajstić information content (AvgIpc) is 2.39. The number of benzene rings is 1. The maximum atomic E-state index is 12.0. The topological polar surface area (TPSA) is 110 Å². The van der Waals surface area contributed by atoms with Crippen molar-refractivity contribution in [1.29, 1.82) is 0 Å². The molecule has 1 aromatic carbocycles. The Labute approximate surface area is 135 Å². The standard InChI is InChI=1S/C14H17NOS.ClHO4/c16-14-12-7-15(8-13(14)10-17-9-12)6-11-4-2-1-3-5-11;2-1(3,4)5/h1-5,12-13H,6-10H2;(H,2,3,4,5). The molecule has 2 fully saturated rings. The van der Waals surface area contributed by atoms with Crippen LogP contribution in [0.1, 0.15) is 5.56 Å². The molecule has 0 amide bonds. The van der Waals surface area contributed by atoms with Crippen molar-refractivity contribution in [3.63, 3.8) is 0 Å². The van der Waals surface area contributed by atoms with Gasteiger partial charge in [-0.25, -0.2) is 0 Å². The molecule has 0 saturated carbocycles. The second-order valence-electron chi connectivity index (χ2n) is 5.41. The predicted molar refractivity (Wildman–Crippen MR) is 73.2 cm³/mol. The summed E-state index contributed by atoms with van der Waals surface area (Å²) in [6.07, 6.45) is 0. The van der Waals surface area contributed by atoms with Crippen LogP contribution < -0.4 is 14.0 Å². The molecule has 22 heavy (non-hydrogen) atoms. The number of hydrogen-bond acceptors (Lipinski definition) is 7. The van der Waals surface area contributed by atoms with Crippen molar-refractivity contribution < 1.29 is 33.7 Å². The molecule has 6 nitrogen and oxygen atoms in total. The Morgan fingerprint density at radius 2 is 1.64 bits per heavy atom. The Bertz CT molecular complexity index is 474. The van der Waals surface area contributed by atoms with Crippen molar-refractivity contribution in [2.75, 3.05) is 24.6 Å². The van der Waals surface area contributed by atoms with E-state index in [0.29, 0.717) is 5.78 Å². The summed E-state index contributed by atoms with van der Waals surface area (Å²) >= 11 is 1.95. The summed E-state index contributed by atoms with van der Waals surface area (Å²) in [4.78, 5) is 14.4. The first-order valence-corrected chi connectivity index (χ1v) is 9.26. The molecule has 0 aliphatic carbocycles. The second-order valence-corrected chi connectivity index (χ2v) is 7.28. The Balaban J connectivity index is 0.000000309. The molecule has 2 saturated heterocycles. The van der Waals surface area contributed by atoms with E-state index < -0.39 is 10.2 Å². The second kappa shape index (κ2) is 7.74. The largest absolute Gasteiger partial charge is 0.299 e. The summed E-state index contributed by atoms with van der Waals surface area (Å²) in [5, 5.41) is 0. The van der Waals surface area contributed by atoms with Crippen LogP contribution in [0, 0.1) is 22.1 Å². The number of thioether (sulfide) groups is 1. The number of Topliss-reactive ketones (excluding diaryl/α,β-unsaturated/α-hetero) is 1. The fourth-order valence-corrected chi connectivity index (χ4v) is 4.05. The summed E-state index contributed by atoms with van der Waals surface area (Å²) < 4.78 is 32.7. The van der Waals surface area contributed by atoms with Gasteiger partial charge in [0.15, 0.2) is 0 Å². The third-order valence-corrected chi connectivity index (χ3v) is 4.93. The molecule has 0 aromatic heterocycles. The highest BCUT2D eigenvalue weighted by Gasteiger charge is 2.38. The van der Waals surface area contributed by atoms with Gasteiger partial charge in [-0.05, 0) is 5.56 Å². The number of carbonyl (C=O) groups excluding carboxylic acids is 1. The molecule has 8 heteroatoms. The van der Waals surface area contributed by atoms with Crippen LogP contribution in [0.2, 0.25) is 0 Å². The number of piperidine rings is 1. The van der Waals surface area contributed by atoms with E-state index in [-0.39, 0.29) is 11.8 Å². The first-order valence-electron chi connectivity index (χ1n) is 6.84. The van der Waals surface area contributed by atoms with E-state index in [9.17, 15) is 4.79 Å². The third kappa shape index (κ3) is 5.85. The SMILES string of the molecule is O=C1C2CSCC1CN(Cc1ccccc1)C2.[O-][Cl+3]([O-])([O-])O. The van der Waals surface area contributed by atoms with Crippen molar-refractivity contribution in [2.45, 2.75) is 6.54 Å². The molecule has 2 unspecified atom stereocenters. The van der Waals surface area contributed by atoms with E-state index in [1.165, 1.54) is 5.56 Å². The minimum Gasteiger partial charge on any atom is -0.299 e. The van der Waals surface area contributed by atoms with E-state index in [4.69, 9.17) is 18.6 Å². The highest BCUT2D eigenvalue weighted by Crippen LogP contribution is 2.30. The van der Waals surface area contributed by atoms with Gasteiger partial charge in [0.05, 0.1) is 14.9 Å². The zero-order valence-electron chi connectivity index (χ0n) is 11.9. The summed E-state index contributed by atoms with van der Waals surface area (Å²) in [5.74, 6) is 3.15. The van der Waals surface area contributed by atoms with Gasteiger partial charge >= 0.3 is 0 Å². The van der Waals surface area contributed by atoms with Crippen LogP contribution in [0.4, 0.5) is 0 Å². The lowest BCUT2D eigenvalue weighted by Gasteiger charge is -2.39. The zero-order chi connectivity index (χ0) is 16.2. The predicted octanol–water partition coefficient (Wildman–Crippen LogP) is -2.07. The van der Waals surface area contributed by atoms with Gasteiger partial charge in [0.25, 0.3) is 0 Å². The quantitative estimate of drug-likeness (QED) is 0.654. The number of carbonyl (C=O) groups is 1. The third-order valence-electron chi connectivity index (χ3n) is 3.65. The minimum absolute atomic E-state index is 0.288. The molecule has 2 aliphatic heterocycles. The number of likely N-dealkylation sites (tertiary alicyclic amines) is 1. The zero-order valence-corrected chi connectivity index (χ0v) is 13.5. The summed E-state index contributed by atoms with van der Waals surface area (Å²) in [6.45, 7) is 2.90. The Kier molecular flexibility index (Phi) is 6.22. The van der Waals surface area contributed by atoms with E-state index in [2.05, 4.69) is 35.2 Å². The van der Waals surface area contributed by atoms with Gasteiger partial charge in [-0.3, -0.25) is 9.69 Å². The van der Waals surface area contributed by atoms with E-state index >= 15 is 0 Å².